The highest BCUT2D eigenvalue weighted by atomic mass is 19.4. The third-order valence-electron chi connectivity index (χ3n) is 6.03. The Kier molecular flexibility index (Phi) is 6.89. The molecule has 0 aromatic heterocycles. The van der Waals surface area contributed by atoms with E-state index >= 15 is 0 Å². The molecule has 0 heterocycles. The number of benzene rings is 4. The van der Waals surface area contributed by atoms with Gasteiger partial charge in [-0.3, -0.25) is 4.79 Å². The molecule has 0 aliphatic rings. The highest BCUT2D eigenvalue weighted by Crippen LogP contribution is 2.30. The van der Waals surface area contributed by atoms with Gasteiger partial charge in [-0.15, -0.1) is 0 Å². The van der Waals surface area contributed by atoms with Crippen LogP contribution in [0.15, 0.2) is 84.9 Å². The standard InChI is InChI=1S/C28H23F4NO2/c1-17-6-15-24(23-5-3-2-4-22(17)23)27(35)33-25(26(34)19-9-13-21(29)14-10-19)16-18-7-11-20(12-8-18)28(30,31)32/h2-15,25-26,34H,16H2,1H3,(H,33,35). The van der Waals surface area contributed by atoms with Crippen LogP contribution in [-0.4, -0.2) is 17.1 Å². The summed E-state index contributed by atoms with van der Waals surface area (Å²) in [6, 6.07) is 19.9. The van der Waals surface area contributed by atoms with E-state index in [4.69, 9.17) is 0 Å². The minimum Gasteiger partial charge on any atom is -0.386 e. The number of nitrogens with one attached hydrogen (secondary N) is 1. The highest BCUT2D eigenvalue weighted by molar-refractivity contribution is 6.07. The summed E-state index contributed by atoms with van der Waals surface area (Å²) in [5.74, 6) is -0.908. The third kappa shape index (κ3) is 5.52. The predicted molar refractivity (Wildman–Crippen MR) is 126 cm³/mol. The van der Waals surface area contributed by atoms with Crippen LogP contribution in [-0.2, 0) is 12.6 Å². The maximum atomic E-state index is 13.4. The van der Waals surface area contributed by atoms with Crippen LogP contribution in [0.4, 0.5) is 17.6 Å². The molecule has 35 heavy (non-hydrogen) atoms. The topological polar surface area (TPSA) is 49.3 Å². The summed E-state index contributed by atoms with van der Waals surface area (Å²) < 4.78 is 52.3. The summed E-state index contributed by atoms with van der Waals surface area (Å²) in [4.78, 5) is 13.3. The zero-order valence-electron chi connectivity index (χ0n) is 18.8. The van der Waals surface area contributed by atoms with Crippen molar-refractivity contribution in [3.05, 3.63) is 119 Å². The van der Waals surface area contributed by atoms with Gasteiger partial charge in [0.2, 0.25) is 0 Å². The molecule has 180 valence electrons. The van der Waals surface area contributed by atoms with Gasteiger partial charge in [0, 0.05) is 5.56 Å². The van der Waals surface area contributed by atoms with E-state index in [1.54, 1.807) is 6.07 Å². The normalized spacial score (nSPS) is 13.4. The fourth-order valence-electron chi connectivity index (χ4n) is 4.11. The average Bonchev–Trinajstić information content (AvgIpc) is 2.84. The minimum absolute atomic E-state index is 0.0617. The molecular formula is C28H23F4NO2. The van der Waals surface area contributed by atoms with Gasteiger partial charge in [0.05, 0.1) is 17.7 Å². The molecule has 7 heteroatoms. The third-order valence-corrected chi connectivity index (χ3v) is 6.03. The number of aliphatic hydroxyl groups excluding tert-OH is 1. The molecule has 4 rings (SSSR count). The molecule has 3 nitrogen and oxygen atoms in total. The number of carbonyl (C=O) groups excluding carboxylic acids is 1. The second-order valence-corrected chi connectivity index (χ2v) is 8.45. The summed E-state index contributed by atoms with van der Waals surface area (Å²) in [7, 11) is 0. The number of hydrogen-bond acceptors (Lipinski definition) is 2. The number of carbonyl (C=O) groups is 1. The van der Waals surface area contributed by atoms with Crippen molar-refractivity contribution in [2.24, 2.45) is 0 Å². The van der Waals surface area contributed by atoms with Gasteiger partial charge in [0.25, 0.3) is 5.91 Å². The molecule has 2 atom stereocenters. The van der Waals surface area contributed by atoms with Crippen LogP contribution in [0.5, 0.6) is 0 Å². The molecule has 2 N–H and O–H groups in total. The lowest BCUT2D eigenvalue weighted by molar-refractivity contribution is -0.137. The van der Waals surface area contributed by atoms with Crippen LogP contribution < -0.4 is 5.32 Å². The number of aliphatic hydroxyl groups is 1. The number of fused-ring (bicyclic) bond motifs is 1. The number of halogens is 4. The Labute approximate surface area is 200 Å². The van der Waals surface area contributed by atoms with Gasteiger partial charge in [0.15, 0.2) is 0 Å². The molecular weight excluding hydrogens is 458 g/mol. The molecule has 0 saturated carbocycles. The van der Waals surface area contributed by atoms with Gasteiger partial charge < -0.3 is 10.4 Å². The Morgan fingerprint density at radius 3 is 2.14 bits per heavy atom. The van der Waals surface area contributed by atoms with Crippen molar-refractivity contribution in [3.63, 3.8) is 0 Å². The fourth-order valence-corrected chi connectivity index (χ4v) is 4.11. The average molecular weight is 481 g/mol. The van der Waals surface area contributed by atoms with Crippen molar-refractivity contribution in [2.45, 2.75) is 31.7 Å². The van der Waals surface area contributed by atoms with Crippen molar-refractivity contribution in [2.75, 3.05) is 0 Å². The van der Waals surface area contributed by atoms with Crippen molar-refractivity contribution < 1.29 is 27.5 Å². The number of rotatable bonds is 6. The van der Waals surface area contributed by atoms with Crippen LogP contribution in [0.3, 0.4) is 0 Å². The van der Waals surface area contributed by atoms with Crippen LogP contribution in [0.25, 0.3) is 10.8 Å². The molecule has 0 spiro atoms. The first-order chi connectivity index (χ1) is 16.6. The lowest BCUT2D eigenvalue weighted by Gasteiger charge is -2.25. The Morgan fingerprint density at radius 2 is 1.51 bits per heavy atom. The summed E-state index contributed by atoms with van der Waals surface area (Å²) in [5, 5.41) is 15.6. The maximum absolute atomic E-state index is 13.4. The number of aryl methyl sites for hydroxylation is 1. The van der Waals surface area contributed by atoms with Crippen molar-refractivity contribution in [3.8, 4) is 0 Å². The molecule has 0 bridgehead atoms. The van der Waals surface area contributed by atoms with Crippen molar-refractivity contribution >= 4 is 16.7 Å². The molecule has 1 amide bonds. The van der Waals surface area contributed by atoms with E-state index in [-0.39, 0.29) is 6.42 Å². The van der Waals surface area contributed by atoms with Gasteiger partial charge in [-0.05, 0) is 71.1 Å². The van der Waals surface area contributed by atoms with E-state index in [2.05, 4.69) is 5.32 Å². The van der Waals surface area contributed by atoms with Gasteiger partial charge >= 0.3 is 6.18 Å². The first-order valence-corrected chi connectivity index (χ1v) is 11.0. The van der Waals surface area contributed by atoms with Crippen molar-refractivity contribution in [1.82, 2.24) is 5.32 Å². The van der Waals surface area contributed by atoms with Gasteiger partial charge in [-0.2, -0.15) is 13.2 Å². The monoisotopic (exact) mass is 481 g/mol. The molecule has 0 fully saturated rings. The van der Waals surface area contributed by atoms with Crippen molar-refractivity contribution in [1.29, 1.82) is 0 Å². The summed E-state index contributed by atoms with van der Waals surface area (Å²) in [5.41, 5.74) is 1.50. The van der Waals surface area contributed by atoms with E-state index in [0.29, 0.717) is 16.7 Å². The fraction of sp³-hybridized carbons (Fsp3) is 0.179. The number of hydrogen-bond donors (Lipinski definition) is 2. The number of amides is 1. The van der Waals surface area contributed by atoms with E-state index < -0.39 is 35.6 Å². The number of alkyl halides is 3. The minimum atomic E-state index is -4.47. The van der Waals surface area contributed by atoms with Crippen LogP contribution >= 0.6 is 0 Å². The lowest BCUT2D eigenvalue weighted by Crippen LogP contribution is -2.41. The quantitative estimate of drug-likeness (QED) is 0.314. The molecule has 0 radical (unpaired) electrons. The molecule has 2 unspecified atom stereocenters. The molecule has 0 aliphatic carbocycles. The summed E-state index contributed by atoms with van der Waals surface area (Å²) in [6.45, 7) is 1.94. The molecule has 0 aliphatic heterocycles. The second kappa shape index (κ2) is 9.88. The first kappa shape index (κ1) is 24.4. The first-order valence-electron chi connectivity index (χ1n) is 11.0. The smallest absolute Gasteiger partial charge is 0.386 e. The van der Waals surface area contributed by atoms with Crippen LogP contribution in [0.1, 0.15) is 38.7 Å². The zero-order chi connectivity index (χ0) is 25.2. The van der Waals surface area contributed by atoms with E-state index in [9.17, 15) is 27.5 Å². The molecule has 0 saturated heterocycles. The van der Waals surface area contributed by atoms with Gasteiger partial charge in [-0.1, -0.05) is 54.6 Å². The molecule has 4 aromatic rings. The summed E-state index contributed by atoms with van der Waals surface area (Å²) in [6.07, 6.45) is -5.63. The molecule has 4 aromatic carbocycles. The Balaban J connectivity index is 1.66. The van der Waals surface area contributed by atoms with Gasteiger partial charge in [-0.25, -0.2) is 4.39 Å². The Hall–Kier alpha value is -3.71. The highest BCUT2D eigenvalue weighted by Gasteiger charge is 2.30. The lowest BCUT2D eigenvalue weighted by atomic mass is 9.94. The SMILES string of the molecule is Cc1ccc(C(=O)NC(Cc2ccc(C(F)(F)F)cc2)C(O)c2ccc(F)cc2)c2ccccc12. The maximum Gasteiger partial charge on any atom is 0.416 e. The predicted octanol–water partition coefficient (Wildman–Crippen LogP) is 6.38. The van der Waals surface area contributed by atoms with Crippen LogP contribution in [0.2, 0.25) is 0 Å². The Bertz CT molecular complexity index is 1330. The van der Waals surface area contributed by atoms with E-state index in [0.717, 1.165) is 28.5 Å². The summed E-state index contributed by atoms with van der Waals surface area (Å²) >= 11 is 0. The van der Waals surface area contributed by atoms with Gasteiger partial charge in [0.1, 0.15) is 5.82 Å². The van der Waals surface area contributed by atoms with E-state index in [1.807, 2.05) is 37.3 Å². The largest absolute Gasteiger partial charge is 0.416 e. The van der Waals surface area contributed by atoms with Crippen LogP contribution in [0, 0.1) is 12.7 Å². The Morgan fingerprint density at radius 1 is 0.886 bits per heavy atom. The van der Waals surface area contributed by atoms with E-state index in [1.165, 1.54) is 36.4 Å². The zero-order valence-corrected chi connectivity index (χ0v) is 18.8. The second-order valence-electron chi connectivity index (χ2n) is 8.45.